The molecule has 0 fully saturated rings. The molecule has 4 atom stereocenters. The second kappa shape index (κ2) is 20.0. The monoisotopic (exact) mass is 739 g/mol. The van der Waals surface area contributed by atoms with Gasteiger partial charge >= 0.3 is 18.1 Å². The number of aryl methyl sites for hydroxylation is 2. The van der Waals surface area contributed by atoms with Crippen molar-refractivity contribution in [1.82, 2.24) is 0 Å². The van der Waals surface area contributed by atoms with E-state index in [0.29, 0.717) is 34.4 Å². The van der Waals surface area contributed by atoms with Crippen molar-refractivity contribution < 1.29 is 35.4 Å². The lowest BCUT2D eigenvalue weighted by atomic mass is 10.2. The Morgan fingerprint density at radius 1 is 0.529 bits per heavy atom. The SMILES string of the molecule is CO[Si](OCC(C)N)(Oc1ccc(C)cc1)Oc1ccc(N)cc1.Cc1ccc(O[Si](Oc2ccc(N)cc2)(OC(C)CN)OC(C)CN)cc1. The quantitative estimate of drug-likeness (QED) is 0.0696. The molecule has 4 unspecified atom stereocenters. The van der Waals surface area contributed by atoms with Crippen molar-refractivity contribution >= 4 is 29.5 Å². The Morgan fingerprint density at radius 2 is 0.843 bits per heavy atom. The predicted octanol–water partition coefficient (Wildman–Crippen LogP) is 4.68. The lowest BCUT2D eigenvalue weighted by Crippen LogP contribution is -2.59. The van der Waals surface area contributed by atoms with Gasteiger partial charge in [0, 0.05) is 37.6 Å². The summed E-state index contributed by atoms with van der Waals surface area (Å²) < 4.78 is 47.8. The van der Waals surface area contributed by atoms with E-state index in [2.05, 4.69) is 0 Å². The summed E-state index contributed by atoms with van der Waals surface area (Å²) in [5.74, 6) is 2.26. The van der Waals surface area contributed by atoms with Crippen LogP contribution in [0.2, 0.25) is 0 Å². The summed E-state index contributed by atoms with van der Waals surface area (Å²) in [6, 6.07) is 28.9. The zero-order valence-electron chi connectivity index (χ0n) is 30.2. The van der Waals surface area contributed by atoms with Gasteiger partial charge in [-0.2, -0.15) is 0 Å². The van der Waals surface area contributed by atoms with Gasteiger partial charge in [-0.3, -0.25) is 0 Å². The molecule has 4 aromatic rings. The molecule has 0 aromatic heterocycles. The molecule has 0 aliphatic rings. The van der Waals surface area contributed by atoms with Crippen molar-refractivity contribution in [1.29, 1.82) is 0 Å². The summed E-state index contributed by atoms with van der Waals surface area (Å²) in [6.45, 7) is 10.3. The molecule has 4 rings (SSSR count). The summed E-state index contributed by atoms with van der Waals surface area (Å²) in [4.78, 5) is 0. The van der Waals surface area contributed by atoms with E-state index < -0.39 is 18.1 Å². The Bertz CT molecular complexity index is 1460. The molecule has 0 aliphatic heterocycles. The predicted molar refractivity (Wildman–Crippen MR) is 204 cm³/mol. The molecule has 0 bridgehead atoms. The summed E-state index contributed by atoms with van der Waals surface area (Å²) in [5, 5.41) is 0. The topological polar surface area (TPSA) is 204 Å². The van der Waals surface area contributed by atoms with E-state index in [4.69, 9.17) is 64.1 Å². The minimum absolute atomic E-state index is 0.177. The van der Waals surface area contributed by atoms with Crippen molar-refractivity contribution in [3.05, 3.63) is 108 Å². The van der Waals surface area contributed by atoms with Gasteiger partial charge in [-0.15, -0.1) is 0 Å². The van der Waals surface area contributed by atoms with E-state index in [1.165, 1.54) is 7.11 Å². The lowest BCUT2D eigenvalue weighted by Gasteiger charge is -2.32. The molecule has 0 radical (unpaired) electrons. The molecule has 0 spiro atoms. The van der Waals surface area contributed by atoms with Gasteiger partial charge in [-0.1, -0.05) is 35.4 Å². The fourth-order valence-electron chi connectivity index (χ4n) is 4.05. The number of hydrogen-bond acceptors (Lipinski definition) is 13. The van der Waals surface area contributed by atoms with Crippen LogP contribution >= 0.6 is 0 Å². The average Bonchev–Trinajstić information content (AvgIpc) is 3.11. The second-order valence-electron chi connectivity index (χ2n) is 12.0. The number of rotatable bonds is 18. The summed E-state index contributed by atoms with van der Waals surface area (Å²) >= 11 is 0. The van der Waals surface area contributed by atoms with Crippen LogP contribution in [0.5, 0.6) is 23.0 Å². The number of nitrogen functional groups attached to an aromatic ring is 2. The lowest BCUT2D eigenvalue weighted by molar-refractivity contribution is -0.00406. The molecule has 15 heteroatoms. The van der Waals surface area contributed by atoms with E-state index in [0.717, 1.165) is 11.1 Å². The van der Waals surface area contributed by atoms with Gasteiger partial charge in [0.05, 0.1) is 18.8 Å². The van der Waals surface area contributed by atoms with Gasteiger partial charge in [0.15, 0.2) is 0 Å². The van der Waals surface area contributed by atoms with Crippen molar-refractivity contribution in [3.8, 4) is 23.0 Å². The summed E-state index contributed by atoms with van der Waals surface area (Å²) in [5.41, 5.74) is 32.3. The van der Waals surface area contributed by atoms with Crippen LogP contribution in [0.4, 0.5) is 11.4 Å². The number of nitrogens with two attached hydrogens (primary N) is 5. The van der Waals surface area contributed by atoms with Gasteiger partial charge in [-0.05, 0) is 107 Å². The maximum absolute atomic E-state index is 6.17. The zero-order chi connectivity index (χ0) is 37.4. The summed E-state index contributed by atoms with van der Waals surface area (Å²) in [6.07, 6.45) is -0.665. The van der Waals surface area contributed by atoms with Crippen molar-refractivity contribution in [2.24, 2.45) is 17.2 Å². The van der Waals surface area contributed by atoms with Gasteiger partial charge < -0.3 is 64.1 Å². The Balaban J connectivity index is 0.000000277. The van der Waals surface area contributed by atoms with Crippen LogP contribution < -0.4 is 46.4 Å². The molecule has 51 heavy (non-hydrogen) atoms. The molecule has 0 saturated heterocycles. The highest BCUT2D eigenvalue weighted by molar-refractivity contribution is 6.55. The number of benzene rings is 4. The minimum atomic E-state index is -3.68. The van der Waals surface area contributed by atoms with Gasteiger partial charge in [0.25, 0.3) is 0 Å². The smallest absolute Gasteiger partial charge is 0.471 e. The maximum atomic E-state index is 6.17. The van der Waals surface area contributed by atoms with Crippen LogP contribution in [0, 0.1) is 13.8 Å². The van der Waals surface area contributed by atoms with E-state index in [9.17, 15) is 0 Å². The van der Waals surface area contributed by atoms with Crippen LogP contribution in [0.3, 0.4) is 0 Å². The molecule has 0 amide bonds. The third-order valence-corrected chi connectivity index (χ3v) is 11.2. The molecule has 278 valence electrons. The number of hydrogen-bond donors (Lipinski definition) is 5. The van der Waals surface area contributed by atoms with Crippen LogP contribution in [-0.4, -0.2) is 63.2 Å². The van der Waals surface area contributed by atoms with E-state index in [-0.39, 0.29) is 37.9 Å². The molecule has 13 nitrogen and oxygen atoms in total. The first-order chi connectivity index (χ1) is 24.3. The second-order valence-corrected chi connectivity index (χ2v) is 16.0. The molecule has 0 aliphatic carbocycles. The highest BCUT2D eigenvalue weighted by atomic mass is 28.4. The molecule has 0 saturated carbocycles. The average molecular weight is 740 g/mol. The van der Waals surface area contributed by atoms with Crippen molar-refractivity contribution in [2.45, 2.75) is 52.9 Å². The molecule has 0 heterocycles. The third-order valence-electron chi connectivity index (χ3n) is 6.90. The highest BCUT2D eigenvalue weighted by Gasteiger charge is 2.54. The third kappa shape index (κ3) is 14.2. The van der Waals surface area contributed by atoms with Crippen LogP contribution in [0.15, 0.2) is 97.1 Å². The Kier molecular flexibility index (Phi) is 16.2. The van der Waals surface area contributed by atoms with Gasteiger partial charge in [-0.25, -0.2) is 0 Å². The maximum Gasteiger partial charge on any atom is 0.821 e. The van der Waals surface area contributed by atoms with E-state index >= 15 is 0 Å². The summed E-state index contributed by atoms with van der Waals surface area (Å²) in [7, 11) is -5.65. The highest BCUT2D eigenvalue weighted by Crippen LogP contribution is 2.26. The first-order valence-corrected chi connectivity index (χ1v) is 19.9. The molecule has 10 N–H and O–H groups in total. The van der Waals surface area contributed by atoms with Crippen LogP contribution in [-0.2, 0) is 17.7 Å². The van der Waals surface area contributed by atoms with Crippen LogP contribution in [0.25, 0.3) is 0 Å². The van der Waals surface area contributed by atoms with E-state index in [1.807, 2.05) is 83.1 Å². The fourth-order valence-corrected chi connectivity index (χ4v) is 8.13. The first kappa shape index (κ1) is 41.3. The fraction of sp³-hybridized carbons (Fsp3) is 0.333. The normalized spacial score (nSPS) is 15.2. The molecular formula is C36H53N5O8Si2. The minimum Gasteiger partial charge on any atom is -0.471 e. The zero-order valence-corrected chi connectivity index (χ0v) is 32.2. The van der Waals surface area contributed by atoms with Gasteiger partial charge in [0.1, 0.15) is 23.0 Å². The Morgan fingerprint density at radius 3 is 1.14 bits per heavy atom. The van der Waals surface area contributed by atoms with E-state index in [1.54, 1.807) is 48.5 Å². The largest absolute Gasteiger partial charge is 0.821 e. The van der Waals surface area contributed by atoms with Crippen molar-refractivity contribution in [2.75, 3.05) is 38.3 Å². The number of anilines is 2. The first-order valence-electron chi connectivity index (χ1n) is 16.6. The standard InChI is InChI=1S/C19H29N3O4Si.C17H24N2O4Si/c1-14-4-8-18(9-5-14)25-27(23-15(2)12-20,24-16(3)13-21)26-19-10-6-17(22)7-11-19;1-13-4-8-16(9-5-13)22-24(20-3,21-12-14(2)18)23-17-10-6-15(19)7-11-17/h4-11,15-16H,12-13,20-22H2,1-3H3;4-11,14H,12,18-19H2,1-3H3. The Labute approximate surface area is 303 Å². The van der Waals surface area contributed by atoms with Crippen LogP contribution in [0.1, 0.15) is 31.9 Å². The molecule has 4 aromatic carbocycles. The molecular weight excluding hydrogens is 687 g/mol. The van der Waals surface area contributed by atoms with Gasteiger partial charge in [0.2, 0.25) is 0 Å². The van der Waals surface area contributed by atoms with Crippen molar-refractivity contribution in [3.63, 3.8) is 0 Å². The Hall–Kier alpha value is -4.17.